The van der Waals surface area contributed by atoms with E-state index < -0.39 is 0 Å². The van der Waals surface area contributed by atoms with E-state index in [1.54, 1.807) is 0 Å². The molecule has 0 spiro atoms. The number of nitrogen functional groups attached to an aromatic ring is 1. The van der Waals surface area contributed by atoms with E-state index in [4.69, 9.17) is 10.5 Å². The smallest absolute Gasteiger partial charge is 0.142 e. The first-order valence-corrected chi connectivity index (χ1v) is 7.03. The van der Waals surface area contributed by atoms with E-state index in [0.29, 0.717) is 18.0 Å². The summed E-state index contributed by atoms with van der Waals surface area (Å²) in [6.45, 7) is 7.30. The zero-order valence-electron chi connectivity index (χ0n) is 11.4. The molecular weight excluding hydrogens is 306 g/mol. The number of ether oxygens (including phenoxy) is 1. The summed E-state index contributed by atoms with van der Waals surface area (Å²) in [5.74, 6) is 0.707. The van der Waals surface area contributed by atoms with E-state index in [9.17, 15) is 0 Å². The molecule has 102 valence electrons. The van der Waals surface area contributed by atoms with Gasteiger partial charge in [-0.05, 0) is 54.4 Å². The number of rotatable bonds is 4. The third-order valence-electron chi connectivity index (χ3n) is 2.98. The van der Waals surface area contributed by atoms with Crippen molar-refractivity contribution in [3.05, 3.63) is 39.6 Å². The Hall–Kier alpha value is -1.49. The number of hydrogen-bond donors (Lipinski definition) is 1. The second-order valence-electron chi connectivity index (χ2n) is 4.49. The van der Waals surface area contributed by atoms with Crippen LogP contribution in [-0.2, 0) is 13.2 Å². The number of nitrogens with zero attached hydrogens (tertiary/aromatic N) is 2. The Labute approximate surface area is 121 Å². The minimum absolute atomic E-state index is 0.447. The Morgan fingerprint density at radius 2 is 2.11 bits per heavy atom. The van der Waals surface area contributed by atoms with E-state index in [2.05, 4.69) is 28.0 Å². The lowest BCUT2D eigenvalue weighted by Gasteiger charge is -2.11. The number of hydrogen-bond acceptors (Lipinski definition) is 3. The summed E-state index contributed by atoms with van der Waals surface area (Å²) in [6.07, 6.45) is 0. The van der Waals surface area contributed by atoms with Gasteiger partial charge in [0.15, 0.2) is 0 Å². The quantitative estimate of drug-likeness (QED) is 0.877. The van der Waals surface area contributed by atoms with Gasteiger partial charge < -0.3 is 10.5 Å². The van der Waals surface area contributed by atoms with Crippen LogP contribution in [0, 0.1) is 13.8 Å². The van der Waals surface area contributed by atoms with Crippen molar-refractivity contribution in [3.8, 4) is 5.75 Å². The van der Waals surface area contributed by atoms with Crippen molar-refractivity contribution >= 4 is 21.6 Å². The molecule has 0 fully saturated rings. The third-order valence-corrected chi connectivity index (χ3v) is 4.01. The molecule has 5 heteroatoms. The molecule has 0 saturated carbocycles. The molecule has 0 radical (unpaired) electrons. The first-order valence-electron chi connectivity index (χ1n) is 6.23. The molecule has 0 bridgehead atoms. The molecule has 2 N–H and O–H groups in total. The lowest BCUT2D eigenvalue weighted by molar-refractivity contribution is 0.293. The summed E-state index contributed by atoms with van der Waals surface area (Å²) in [5, 5.41) is 4.44. The van der Waals surface area contributed by atoms with Crippen molar-refractivity contribution in [2.24, 2.45) is 0 Å². The molecule has 4 nitrogen and oxygen atoms in total. The van der Waals surface area contributed by atoms with Crippen LogP contribution >= 0.6 is 15.9 Å². The van der Waals surface area contributed by atoms with E-state index in [-0.39, 0.29) is 0 Å². The van der Waals surface area contributed by atoms with Gasteiger partial charge in [0.25, 0.3) is 0 Å². The Balaban J connectivity index is 2.18. The van der Waals surface area contributed by atoms with Crippen molar-refractivity contribution in [1.29, 1.82) is 0 Å². The van der Waals surface area contributed by atoms with Crippen molar-refractivity contribution in [3.63, 3.8) is 0 Å². The van der Waals surface area contributed by atoms with Gasteiger partial charge >= 0.3 is 0 Å². The maximum absolute atomic E-state index is 5.94. The monoisotopic (exact) mass is 323 g/mol. The second-order valence-corrected chi connectivity index (χ2v) is 5.28. The average Bonchev–Trinajstić information content (AvgIpc) is 2.65. The van der Waals surface area contributed by atoms with Crippen molar-refractivity contribution in [2.75, 3.05) is 5.73 Å². The molecule has 1 aromatic carbocycles. The average molecular weight is 324 g/mol. The Morgan fingerprint density at radius 1 is 1.37 bits per heavy atom. The maximum Gasteiger partial charge on any atom is 0.142 e. The summed E-state index contributed by atoms with van der Waals surface area (Å²) >= 11 is 3.55. The Kier molecular flexibility index (Phi) is 4.14. The fraction of sp³-hybridized carbons (Fsp3) is 0.357. The predicted molar refractivity (Wildman–Crippen MR) is 80.3 cm³/mol. The molecule has 0 atom stereocenters. The largest absolute Gasteiger partial charge is 0.485 e. The SMILES string of the molecule is CCn1nc(C)c(Br)c1COc1ccc(C)cc1N. The van der Waals surface area contributed by atoms with Gasteiger partial charge in [-0.1, -0.05) is 6.07 Å². The highest BCUT2D eigenvalue weighted by Crippen LogP contribution is 2.26. The van der Waals surface area contributed by atoms with Crippen LogP contribution < -0.4 is 10.5 Å². The Bertz CT molecular complexity index is 593. The molecule has 0 amide bonds. The molecule has 1 aromatic heterocycles. The van der Waals surface area contributed by atoms with Gasteiger partial charge in [-0.25, -0.2) is 0 Å². The summed E-state index contributed by atoms with van der Waals surface area (Å²) in [4.78, 5) is 0. The standard InChI is InChI=1S/C14H18BrN3O/c1-4-18-12(14(15)10(3)17-18)8-19-13-6-5-9(2)7-11(13)16/h5-7H,4,8,16H2,1-3H3. The first kappa shape index (κ1) is 13.9. The first-order chi connectivity index (χ1) is 9.02. The normalized spacial score (nSPS) is 10.7. The van der Waals surface area contributed by atoms with Gasteiger partial charge in [0.2, 0.25) is 0 Å². The summed E-state index contributed by atoms with van der Waals surface area (Å²) < 4.78 is 8.73. The fourth-order valence-electron chi connectivity index (χ4n) is 1.95. The molecule has 2 rings (SSSR count). The summed E-state index contributed by atoms with van der Waals surface area (Å²) in [5.41, 5.74) is 9.73. The number of aryl methyl sites for hydroxylation is 3. The molecule has 0 aliphatic heterocycles. The molecule has 0 aliphatic carbocycles. The molecule has 0 aliphatic rings. The molecule has 19 heavy (non-hydrogen) atoms. The zero-order chi connectivity index (χ0) is 14.0. The minimum Gasteiger partial charge on any atom is -0.485 e. The van der Waals surface area contributed by atoms with E-state index >= 15 is 0 Å². The van der Waals surface area contributed by atoms with E-state index in [0.717, 1.165) is 28.0 Å². The zero-order valence-corrected chi connectivity index (χ0v) is 13.0. The lowest BCUT2D eigenvalue weighted by atomic mass is 10.2. The highest BCUT2D eigenvalue weighted by atomic mass is 79.9. The topological polar surface area (TPSA) is 53.1 Å². The maximum atomic E-state index is 5.94. The van der Waals surface area contributed by atoms with E-state index in [1.165, 1.54) is 0 Å². The number of nitrogens with two attached hydrogens (primary N) is 1. The van der Waals surface area contributed by atoms with E-state index in [1.807, 2.05) is 36.7 Å². The van der Waals surface area contributed by atoms with Crippen LogP contribution in [0.5, 0.6) is 5.75 Å². The van der Waals surface area contributed by atoms with Crippen LogP contribution in [0.4, 0.5) is 5.69 Å². The molecule has 2 aromatic rings. The van der Waals surface area contributed by atoms with Gasteiger partial charge in [0.05, 0.1) is 21.5 Å². The van der Waals surface area contributed by atoms with Crippen LogP contribution in [0.1, 0.15) is 23.9 Å². The Morgan fingerprint density at radius 3 is 2.74 bits per heavy atom. The van der Waals surface area contributed by atoms with Gasteiger partial charge in [-0.2, -0.15) is 5.10 Å². The van der Waals surface area contributed by atoms with Crippen LogP contribution in [0.15, 0.2) is 22.7 Å². The van der Waals surface area contributed by atoms with Gasteiger partial charge in [0, 0.05) is 6.54 Å². The highest BCUT2D eigenvalue weighted by molar-refractivity contribution is 9.10. The summed E-state index contributed by atoms with van der Waals surface area (Å²) in [7, 11) is 0. The van der Waals surface area contributed by atoms with Gasteiger partial charge in [0.1, 0.15) is 12.4 Å². The molecular formula is C14H18BrN3O. The summed E-state index contributed by atoms with van der Waals surface area (Å²) in [6, 6.07) is 5.80. The van der Waals surface area contributed by atoms with Crippen molar-refractivity contribution in [2.45, 2.75) is 33.9 Å². The van der Waals surface area contributed by atoms with Crippen LogP contribution in [0.25, 0.3) is 0 Å². The van der Waals surface area contributed by atoms with Gasteiger partial charge in [-0.3, -0.25) is 4.68 Å². The van der Waals surface area contributed by atoms with Crippen LogP contribution in [0.3, 0.4) is 0 Å². The lowest BCUT2D eigenvalue weighted by Crippen LogP contribution is -2.07. The molecule has 0 saturated heterocycles. The molecule has 0 unspecified atom stereocenters. The molecule has 1 heterocycles. The highest BCUT2D eigenvalue weighted by Gasteiger charge is 2.13. The predicted octanol–water partition coefficient (Wildman–Crippen LogP) is 3.44. The number of benzene rings is 1. The second kappa shape index (κ2) is 5.65. The minimum atomic E-state index is 0.447. The number of halogens is 1. The van der Waals surface area contributed by atoms with Crippen LogP contribution in [-0.4, -0.2) is 9.78 Å². The van der Waals surface area contributed by atoms with Crippen molar-refractivity contribution < 1.29 is 4.74 Å². The van der Waals surface area contributed by atoms with Crippen LogP contribution in [0.2, 0.25) is 0 Å². The number of anilines is 1. The third kappa shape index (κ3) is 2.92. The van der Waals surface area contributed by atoms with Crippen molar-refractivity contribution in [1.82, 2.24) is 9.78 Å². The number of aromatic nitrogens is 2. The van der Waals surface area contributed by atoms with Gasteiger partial charge in [-0.15, -0.1) is 0 Å². The fourth-order valence-corrected chi connectivity index (χ4v) is 2.35.